The molecule has 0 saturated heterocycles. The molecule has 0 saturated carbocycles. The van der Waals surface area contributed by atoms with Crippen LogP contribution in [0.2, 0.25) is 0 Å². The van der Waals surface area contributed by atoms with E-state index in [0.29, 0.717) is 6.42 Å². The van der Waals surface area contributed by atoms with Gasteiger partial charge in [0.1, 0.15) is 12.4 Å². The molecule has 9 heteroatoms. The minimum Gasteiger partial charge on any atom is -0.434 e. The molecule has 0 N–H and O–H groups in total. The molecule has 0 atom stereocenters. The van der Waals surface area contributed by atoms with Crippen LogP contribution in [0.1, 0.15) is 6.42 Å². The van der Waals surface area contributed by atoms with Crippen LogP contribution >= 0.6 is 0 Å². The second-order valence-corrected chi connectivity index (χ2v) is 4.58. The highest BCUT2D eigenvalue weighted by atomic mass is 16.7. The van der Waals surface area contributed by atoms with E-state index in [9.17, 15) is 14.9 Å². The van der Waals surface area contributed by atoms with Crippen LogP contribution in [-0.2, 0) is 9.47 Å². The molecule has 1 aromatic carbocycles. The highest BCUT2D eigenvalue weighted by molar-refractivity contribution is 5.63. The molecule has 1 aliphatic rings. The molecule has 0 spiro atoms. The predicted molar refractivity (Wildman–Crippen MR) is 76.9 cm³/mol. The maximum Gasteiger partial charge on any atom is 0.513 e. The van der Waals surface area contributed by atoms with Gasteiger partial charge in [0, 0.05) is 18.6 Å². The lowest BCUT2D eigenvalue weighted by molar-refractivity contribution is -0.384. The van der Waals surface area contributed by atoms with Gasteiger partial charge in [0.2, 0.25) is 5.66 Å². The Bertz CT molecular complexity index is 643. The van der Waals surface area contributed by atoms with Crippen LogP contribution < -0.4 is 4.74 Å². The van der Waals surface area contributed by atoms with Crippen LogP contribution in [0.4, 0.5) is 10.5 Å². The first-order valence-electron chi connectivity index (χ1n) is 6.59. The topological polar surface area (TPSA) is 113 Å². The molecule has 0 fully saturated rings. The Morgan fingerprint density at radius 3 is 2.61 bits per heavy atom. The number of ether oxygens (including phenoxy) is 3. The molecule has 0 amide bonds. The lowest BCUT2D eigenvalue weighted by Crippen LogP contribution is -2.23. The average Bonchev–Trinajstić information content (AvgIpc) is 3.28. The smallest absolute Gasteiger partial charge is 0.434 e. The van der Waals surface area contributed by atoms with Gasteiger partial charge in [0.25, 0.3) is 5.69 Å². The van der Waals surface area contributed by atoms with Crippen molar-refractivity contribution >= 4 is 11.8 Å². The van der Waals surface area contributed by atoms with E-state index in [-0.39, 0.29) is 31.3 Å². The zero-order chi connectivity index (χ0) is 16.7. The number of nitrogens with zero attached hydrogens (tertiary/aromatic N) is 3. The number of rotatable bonds is 8. The number of benzene rings is 1. The molecular weight excluding hydrogens is 306 g/mol. The highest BCUT2D eigenvalue weighted by Crippen LogP contribution is 2.32. The predicted octanol–water partition coefficient (Wildman–Crippen LogP) is 2.31. The summed E-state index contributed by atoms with van der Waals surface area (Å²) in [6, 6.07) is 5.06. The van der Waals surface area contributed by atoms with Crippen molar-refractivity contribution in [3.8, 4) is 18.1 Å². The lowest BCUT2D eigenvalue weighted by atomic mass is 10.2. The second-order valence-electron chi connectivity index (χ2n) is 4.58. The number of hydrogen-bond donors (Lipinski definition) is 0. The van der Waals surface area contributed by atoms with Crippen molar-refractivity contribution in [2.75, 3.05) is 19.8 Å². The third-order valence-corrected chi connectivity index (χ3v) is 2.87. The SMILES string of the molecule is C#CCOCC1(CCOC(=O)Oc2ccc([N+](=O)[O-])cc2)N=N1. The third kappa shape index (κ3) is 5.05. The number of carbonyl (C=O) groups excluding carboxylic acids is 1. The van der Waals surface area contributed by atoms with E-state index in [1.165, 1.54) is 24.3 Å². The van der Waals surface area contributed by atoms with Gasteiger partial charge >= 0.3 is 6.16 Å². The molecular formula is C14H13N3O6. The fourth-order valence-corrected chi connectivity index (χ4v) is 1.63. The van der Waals surface area contributed by atoms with Crippen LogP contribution in [0, 0.1) is 22.5 Å². The van der Waals surface area contributed by atoms with E-state index in [1.807, 2.05) is 0 Å². The van der Waals surface area contributed by atoms with Crippen LogP contribution in [0.25, 0.3) is 0 Å². The minimum atomic E-state index is -0.917. The second kappa shape index (κ2) is 7.33. The van der Waals surface area contributed by atoms with Gasteiger partial charge in [-0.05, 0) is 12.1 Å². The van der Waals surface area contributed by atoms with Gasteiger partial charge in [-0.25, -0.2) is 4.79 Å². The molecule has 120 valence electrons. The molecule has 1 aliphatic heterocycles. The Kier molecular flexibility index (Phi) is 5.22. The molecule has 0 bridgehead atoms. The van der Waals surface area contributed by atoms with Crippen molar-refractivity contribution in [2.45, 2.75) is 12.1 Å². The zero-order valence-corrected chi connectivity index (χ0v) is 12.0. The van der Waals surface area contributed by atoms with Crippen molar-refractivity contribution in [3.05, 3.63) is 34.4 Å². The van der Waals surface area contributed by atoms with E-state index >= 15 is 0 Å². The van der Waals surface area contributed by atoms with E-state index in [0.717, 1.165) is 0 Å². The number of nitro benzene ring substituents is 1. The first-order valence-corrected chi connectivity index (χ1v) is 6.59. The number of nitro groups is 1. The van der Waals surface area contributed by atoms with Crippen molar-refractivity contribution in [1.29, 1.82) is 0 Å². The highest BCUT2D eigenvalue weighted by Gasteiger charge is 2.40. The van der Waals surface area contributed by atoms with E-state index in [2.05, 4.69) is 16.1 Å². The summed E-state index contributed by atoms with van der Waals surface area (Å²) in [5.74, 6) is 2.47. The summed E-state index contributed by atoms with van der Waals surface area (Å²) in [6.07, 6.45) is 4.49. The van der Waals surface area contributed by atoms with Gasteiger partial charge < -0.3 is 14.2 Å². The van der Waals surface area contributed by atoms with Gasteiger partial charge in [0.05, 0.1) is 18.1 Å². The summed E-state index contributed by atoms with van der Waals surface area (Å²) in [5, 5.41) is 18.2. The number of terminal acetylenes is 1. The number of non-ortho nitro benzene ring substituents is 1. The number of hydrogen-bond acceptors (Lipinski definition) is 8. The van der Waals surface area contributed by atoms with Crippen LogP contribution in [0.5, 0.6) is 5.75 Å². The summed E-state index contributed by atoms with van der Waals surface area (Å²) < 4.78 is 14.9. The van der Waals surface area contributed by atoms with Gasteiger partial charge in [-0.15, -0.1) is 6.42 Å². The molecule has 0 aromatic heterocycles. The Balaban J connectivity index is 1.69. The molecule has 1 heterocycles. The molecule has 2 rings (SSSR count). The van der Waals surface area contributed by atoms with Crippen LogP contribution in [0.3, 0.4) is 0 Å². The first kappa shape index (κ1) is 16.4. The van der Waals surface area contributed by atoms with Gasteiger partial charge in [-0.3, -0.25) is 10.1 Å². The summed E-state index contributed by atoms with van der Waals surface area (Å²) in [7, 11) is 0. The Labute approximate surface area is 131 Å². The molecule has 0 unspecified atom stereocenters. The van der Waals surface area contributed by atoms with Crippen molar-refractivity contribution in [1.82, 2.24) is 0 Å². The van der Waals surface area contributed by atoms with Gasteiger partial charge in [-0.2, -0.15) is 10.2 Å². The quantitative estimate of drug-likeness (QED) is 0.181. The Morgan fingerprint density at radius 2 is 2.04 bits per heavy atom. The van der Waals surface area contributed by atoms with Crippen molar-refractivity contribution in [2.24, 2.45) is 10.2 Å². The third-order valence-electron chi connectivity index (χ3n) is 2.87. The Hall–Kier alpha value is -2.99. The maximum absolute atomic E-state index is 11.5. The summed E-state index contributed by atoms with van der Waals surface area (Å²) in [6.45, 7) is 0.437. The first-order chi connectivity index (χ1) is 11.0. The molecule has 9 nitrogen and oxygen atoms in total. The van der Waals surface area contributed by atoms with E-state index in [1.54, 1.807) is 0 Å². The Morgan fingerprint density at radius 1 is 1.35 bits per heavy atom. The molecule has 0 aliphatic carbocycles. The summed E-state index contributed by atoms with van der Waals surface area (Å²) in [4.78, 5) is 21.5. The van der Waals surface area contributed by atoms with E-state index in [4.69, 9.17) is 20.6 Å². The van der Waals surface area contributed by atoms with Crippen LogP contribution in [0.15, 0.2) is 34.5 Å². The zero-order valence-electron chi connectivity index (χ0n) is 12.0. The normalized spacial score (nSPS) is 13.9. The van der Waals surface area contributed by atoms with Crippen LogP contribution in [-0.4, -0.2) is 36.6 Å². The number of carbonyl (C=O) groups is 1. The standard InChI is InChI=1S/C14H13N3O6/c1-2-8-21-10-14(15-16-14)7-9-22-13(18)23-12-5-3-11(4-6-12)17(19)20/h1,3-6H,7-10H2. The fourth-order valence-electron chi connectivity index (χ4n) is 1.63. The van der Waals surface area contributed by atoms with Crippen molar-refractivity contribution in [3.63, 3.8) is 0 Å². The molecule has 1 aromatic rings. The summed E-state index contributed by atoms with van der Waals surface area (Å²) >= 11 is 0. The average molecular weight is 319 g/mol. The van der Waals surface area contributed by atoms with Gasteiger partial charge in [-0.1, -0.05) is 5.92 Å². The fraction of sp³-hybridized carbons (Fsp3) is 0.357. The monoisotopic (exact) mass is 319 g/mol. The minimum absolute atomic E-state index is 0.0399. The van der Waals surface area contributed by atoms with Gasteiger partial charge in [0.15, 0.2) is 0 Å². The summed E-state index contributed by atoms with van der Waals surface area (Å²) in [5.41, 5.74) is -0.790. The maximum atomic E-state index is 11.5. The lowest BCUT2D eigenvalue weighted by Gasteiger charge is -2.10. The van der Waals surface area contributed by atoms with Crippen molar-refractivity contribution < 1.29 is 23.9 Å². The largest absolute Gasteiger partial charge is 0.513 e. The molecule has 23 heavy (non-hydrogen) atoms. The van der Waals surface area contributed by atoms with E-state index < -0.39 is 16.7 Å². The molecule has 0 radical (unpaired) electrons.